The van der Waals surface area contributed by atoms with Crippen molar-refractivity contribution in [3.8, 4) is 0 Å². The van der Waals surface area contributed by atoms with E-state index in [1.54, 1.807) is 0 Å². The van der Waals surface area contributed by atoms with Crippen molar-refractivity contribution in [1.82, 2.24) is 9.36 Å². The maximum absolute atomic E-state index is 11.7. The molecule has 0 spiro atoms. The van der Waals surface area contributed by atoms with Crippen LogP contribution in [-0.4, -0.2) is 22.1 Å². The van der Waals surface area contributed by atoms with Gasteiger partial charge in [-0.15, -0.1) is 0 Å². The van der Waals surface area contributed by atoms with Gasteiger partial charge < -0.3 is 5.32 Å². The Morgan fingerprint density at radius 2 is 2.15 bits per heavy atom. The first-order valence-electron chi connectivity index (χ1n) is 3.64. The van der Waals surface area contributed by atoms with Crippen LogP contribution in [0.1, 0.15) is 12.7 Å². The summed E-state index contributed by atoms with van der Waals surface area (Å²) in [5.74, 6) is 0.565. The van der Waals surface area contributed by atoms with Crippen LogP contribution in [0.5, 0.6) is 0 Å². The Hall–Kier alpha value is -0.850. The maximum Gasteiger partial charge on any atom is 0.405 e. The lowest BCUT2D eigenvalue weighted by Gasteiger charge is -2.05. The molecule has 1 N–H and O–H groups in total. The van der Waals surface area contributed by atoms with Gasteiger partial charge in [0.1, 0.15) is 12.4 Å². The summed E-state index contributed by atoms with van der Waals surface area (Å²) in [7, 11) is 0. The normalized spacial score (nSPS) is 11.7. The van der Waals surface area contributed by atoms with Crippen LogP contribution in [0.4, 0.5) is 18.3 Å². The fourth-order valence-corrected chi connectivity index (χ4v) is 1.29. The molecule has 0 saturated carbocycles. The van der Waals surface area contributed by atoms with Crippen LogP contribution in [0, 0.1) is 0 Å². The van der Waals surface area contributed by atoms with Crippen molar-refractivity contribution in [3.05, 3.63) is 5.82 Å². The summed E-state index contributed by atoms with van der Waals surface area (Å²) in [5, 5.41) is 2.38. The van der Waals surface area contributed by atoms with Crippen molar-refractivity contribution in [3.63, 3.8) is 0 Å². The molecule has 0 amide bonds. The number of anilines is 1. The van der Waals surface area contributed by atoms with E-state index in [-0.39, 0.29) is 5.13 Å². The van der Waals surface area contributed by atoms with Crippen molar-refractivity contribution < 1.29 is 13.2 Å². The molecular formula is C6H8F3N3S. The van der Waals surface area contributed by atoms with Gasteiger partial charge in [-0.1, -0.05) is 6.92 Å². The number of nitrogens with zero attached hydrogens (tertiary/aromatic N) is 2. The molecule has 3 nitrogen and oxygen atoms in total. The Bertz CT molecular complexity index is 270. The highest BCUT2D eigenvalue weighted by molar-refractivity contribution is 7.09. The van der Waals surface area contributed by atoms with E-state index in [1.807, 2.05) is 6.92 Å². The van der Waals surface area contributed by atoms with Gasteiger partial charge in [0.05, 0.1) is 0 Å². The number of hydrogen-bond acceptors (Lipinski definition) is 4. The molecule has 1 rings (SSSR count). The zero-order chi connectivity index (χ0) is 9.90. The minimum Gasteiger partial charge on any atom is -0.351 e. The van der Waals surface area contributed by atoms with Gasteiger partial charge in [-0.2, -0.15) is 17.5 Å². The highest BCUT2D eigenvalue weighted by Crippen LogP contribution is 2.17. The van der Waals surface area contributed by atoms with Crippen molar-refractivity contribution in [2.75, 3.05) is 11.9 Å². The Kier molecular flexibility index (Phi) is 3.07. The van der Waals surface area contributed by atoms with Crippen LogP contribution in [0.3, 0.4) is 0 Å². The molecule has 0 aliphatic carbocycles. The molecule has 1 aromatic heterocycles. The molecular weight excluding hydrogens is 203 g/mol. The van der Waals surface area contributed by atoms with Crippen LogP contribution in [-0.2, 0) is 6.42 Å². The molecule has 0 unspecified atom stereocenters. The maximum atomic E-state index is 11.7. The van der Waals surface area contributed by atoms with Crippen molar-refractivity contribution >= 4 is 16.7 Å². The standard InChI is InChI=1S/C6H8F3N3S/c1-2-4-11-5(13-12-4)10-3-6(7,8)9/h2-3H2,1H3,(H,10,11,12). The molecule has 0 atom stereocenters. The molecule has 1 heterocycles. The monoisotopic (exact) mass is 211 g/mol. The highest BCUT2D eigenvalue weighted by atomic mass is 32.1. The predicted octanol–water partition coefficient (Wildman–Crippen LogP) is 2.07. The number of aryl methyl sites for hydroxylation is 1. The van der Waals surface area contributed by atoms with E-state index in [1.165, 1.54) is 0 Å². The molecule has 13 heavy (non-hydrogen) atoms. The second-order valence-electron chi connectivity index (χ2n) is 2.34. The number of halogens is 3. The van der Waals surface area contributed by atoms with E-state index in [2.05, 4.69) is 14.7 Å². The average Bonchev–Trinajstić information content (AvgIpc) is 2.47. The lowest BCUT2D eigenvalue weighted by molar-refractivity contribution is -0.115. The third kappa shape index (κ3) is 3.58. The SMILES string of the molecule is CCc1nsc(NCC(F)(F)F)n1. The highest BCUT2D eigenvalue weighted by Gasteiger charge is 2.27. The van der Waals surface area contributed by atoms with Gasteiger partial charge in [0, 0.05) is 18.0 Å². The fraction of sp³-hybridized carbons (Fsp3) is 0.667. The van der Waals surface area contributed by atoms with Crippen molar-refractivity contribution in [2.24, 2.45) is 0 Å². The van der Waals surface area contributed by atoms with E-state index in [0.717, 1.165) is 11.5 Å². The van der Waals surface area contributed by atoms with Crippen LogP contribution >= 0.6 is 11.5 Å². The van der Waals surface area contributed by atoms with Gasteiger partial charge in [0.2, 0.25) is 5.13 Å². The second kappa shape index (κ2) is 3.91. The van der Waals surface area contributed by atoms with Crippen molar-refractivity contribution in [1.29, 1.82) is 0 Å². The van der Waals surface area contributed by atoms with Crippen LogP contribution in [0.2, 0.25) is 0 Å². The van der Waals surface area contributed by atoms with Crippen LogP contribution in [0.25, 0.3) is 0 Å². The summed E-state index contributed by atoms with van der Waals surface area (Å²) in [6, 6.07) is 0. The summed E-state index contributed by atoms with van der Waals surface area (Å²) in [4.78, 5) is 3.83. The third-order valence-corrected chi connectivity index (χ3v) is 1.93. The average molecular weight is 211 g/mol. The molecule has 0 bridgehead atoms. The number of nitrogens with one attached hydrogen (secondary N) is 1. The van der Waals surface area contributed by atoms with Gasteiger partial charge in [0.25, 0.3) is 0 Å². The molecule has 0 radical (unpaired) electrons. The lowest BCUT2D eigenvalue weighted by Crippen LogP contribution is -2.21. The van der Waals surface area contributed by atoms with E-state index in [0.29, 0.717) is 12.2 Å². The summed E-state index contributed by atoms with van der Waals surface area (Å²) in [6.45, 7) is 0.779. The van der Waals surface area contributed by atoms with Gasteiger partial charge in [-0.3, -0.25) is 0 Å². The summed E-state index contributed by atoms with van der Waals surface area (Å²) < 4.78 is 39.0. The minimum atomic E-state index is -4.21. The first-order valence-corrected chi connectivity index (χ1v) is 4.42. The molecule has 74 valence electrons. The summed E-state index contributed by atoms with van der Waals surface area (Å²) in [5.41, 5.74) is 0. The zero-order valence-corrected chi connectivity index (χ0v) is 7.67. The molecule has 0 fully saturated rings. The van der Waals surface area contributed by atoms with Crippen LogP contribution in [0.15, 0.2) is 0 Å². The van der Waals surface area contributed by atoms with E-state index in [4.69, 9.17) is 0 Å². The zero-order valence-electron chi connectivity index (χ0n) is 6.85. The van der Waals surface area contributed by atoms with Gasteiger partial charge in [-0.25, -0.2) is 4.98 Å². The molecule has 0 aliphatic rings. The molecule has 7 heteroatoms. The molecule has 0 aliphatic heterocycles. The van der Waals surface area contributed by atoms with Crippen LogP contribution < -0.4 is 5.32 Å². The lowest BCUT2D eigenvalue weighted by atomic mass is 10.5. The Morgan fingerprint density at radius 1 is 1.46 bits per heavy atom. The van der Waals surface area contributed by atoms with Gasteiger partial charge in [0.15, 0.2) is 0 Å². The molecule has 0 saturated heterocycles. The third-order valence-electron chi connectivity index (χ3n) is 1.22. The Balaban J connectivity index is 2.46. The second-order valence-corrected chi connectivity index (χ2v) is 3.09. The van der Waals surface area contributed by atoms with E-state index >= 15 is 0 Å². The topological polar surface area (TPSA) is 37.8 Å². The quantitative estimate of drug-likeness (QED) is 0.831. The largest absolute Gasteiger partial charge is 0.405 e. The fourth-order valence-electron chi connectivity index (χ4n) is 0.645. The summed E-state index contributed by atoms with van der Waals surface area (Å²) >= 11 is 0.943. The Labute approximate surface area is 77.2 Å². The first kappa shape index (κ1) is 10.2. The smallest absolute Gasteiger partial charge is 0.351 e. The van der Waals surface area contributed by atoms with Gasteiger partial charge in [-0.05, 0) is 0 Å². The predicted molar refractivity (Wildman–Crippen MR) is 43.8 cm³/mol. The Morgan fingerprint density at radius 3 is 2.62 bits per heavy atom. The van der Waals surface area contributed by atoms with E-state index in [9.17, 15) is 13.2 Å². The summed E-state index contributed by atoms with van der Waals surface area (Å²) in [6.07, 6.45) is -3.58. The van der Waals surface area contributed by atoms with Crippen molar-refractivity contribution in [2.45, 2.75) is 19.5 Å². The molecule has 1 aromatic rings. The number of alkyl halides is 3. The van der Waals surface area contributed by atoms with E-state index < -0.39 is 12.7 Å². The number of rotatable bonds is 3. The number of aromatic nitrogens is 2. The van der Waals surface area contributed by atoms with Gasteiger partial charge >= 0.3 is 6.18 Å². The minimum absolute atomic E-state index is 0.217. The molecule has 0 aromatic carbocycles. The number of hydrogen-bond donors (Lipinski definition) is 1. The first-order chi connectivity index (χ1) is 6.01.